The van der Waals surface area contributed by atoms with Crippen molar-refractivity contribution >= 4 is 5.52 Å². The number of hydrazine groups is 1. The molecule has 4 unspecified atom stereocenters. The normalized spacial score (nSPS) is 32.0. The van der Waals surface area contributed by atoms with Crippen molar-refractivity contribution in [1.29, 1.82) is 0 Å². The van der Waals surface area contributed by atoms with Crippen LogP contribution in [0.3, 0.4) is 0 Å². The molecule has 1 aliphatic carbocycles. The van der Waals surface area contributed by atoms with E-state index >= 15 is 0 Å². The van der Waals surface area contributed by atoms with Crippen molar-refractivity contribution in [3.8, 4) is 0 Å². The molecule has 5 heterocycles. The van der Waals surface area contributed by atoms with Crippen molar-refractivity contribution in [3.63, 3.8) is 0 Å². The molecule has 40 heavy (non-hydrogen) atoms. The van der Waals surface area contributed by atoms with Gasteiger partial charge in [0, 0.05) is 36.9 Å². The first-order chi connectivity index (χ1) is 19.0. The quantitative estimate of drug-likeness (QED) is 0.552. The predicted molar refractivity (Wildman–Crippen MR) is 146 cm³/mol. The number of rotatable bonds is 6. The number of pyridine rings is 1. The van der Waals surface area contributed by atoms with Crippen LogP contribution in [-0.4, -0.2) is 65.0 Å². The molecule has 8 nitrogen and oxygen atoms in total. The van der Waals surface area contributed by atoms with E-state index in [0.29, 0.717) is 43.1 Å². The van der Waals surface area contributed by atoms with Crippen LogP contribution in [0.2, 0.25) is 0 Å². The second-order valence-electron chi connectivity index (χ2n) is 13.3. The van der Waals surface area contributed by atoms with Gasteiger partial charge in [-0.15, -0.1) is 0 Å². The molecule has 0 radical (unpaired) electrons. The molecule has 222 valence electrons. The van der Waals surface area contributed by atoms with E-state index in [1.54, 1.807) is 10.8 Å². The zero-order valence-corrected chi connectivity index (χ0v) is 23.8. The van der Waals surface area contributed by atoms with E-state index < -0.39 is 11.7 Å². The zero-order chi connectivity index (χ0) is 28.2. The van der Waals surface area contributed by atoms with E-state index in [9.17, 15) is 18.0 Å². The minimum Gasteiger partial charge on any atom is -0.380 e. The molecule has 6 rings (SSSR count). The minimum atomic E-state index is -4.54. The third kappa shape index (κ3) is 5.35. The van der Waals surface area contributed by atoms with E-state index in [1.165, 1.54) is 16.7 Å². The van der Waals surface area contributed by atoms with Gasteiger partial charge in [-0.3, -0.25) is 18.8 Å². The summed E-state index contributed by atoms with van der Waals surface area (Å²) in [5.41, 5.74) is 5.96. The average molecular weight is 565 g/mol. The summed E-state index contributed by atoms with van der Waals surface area (Å²) in [5, 5.41) is 0. The van der Waals surface area contributed by atoms with Crippen LogP contribution in [0.1, 0.15) is 69.5 Å². The highest BCUT2D eigenvalue weighted by molar-refractivity contribution is 5.56. The number of ether oxygens (including phenoxy) is 1. The lowest BCUT2D eigenvalue weighted by molar-refractivity contribution is -0.170. The number of aromatic nitrogens is 2. The largest absolute Gasteiger partial charge is 0.418 e. The number of nitrogens with one attached hydrogen (secondary N) is 2. The third-order valence-electron chi connectivity index (χ3n) is 9.99. The average Bonchev–Trinajstić information content (AvgIpc) is 3.42. The van der Waals surface area contributed by atoms with Crippen LogP contribution in [0, 0.1) is 23.2 Å². The lowest BCUT2D eigenvalue weighted by Gasteiger charge is -2.52. The number of piperidine rings is 1. The van der Waals surface area contributed by atoms with Gasteiger partial charge in [-0.2, -0.15) is 13.2 Å². The lowest BCUT2D eigenvalue weighted by atomic mass is 9.62. The lowest BCUT2D eigenvalue weighted by Crippen LogP contribution is -2.55. The van der Waals surface area contributed by atoms with Gasteiger partial charge in [-0.1, -0.05) is 13.8 Å². The van der Waals surface area contributed by atoms with Crippen molar-refractivity contribution in [2.45, 2.75) is 77.3 Å². The molecule has 3 saturated heterocycles. The Labute approximate surface area is 233 Å². The Balaban J connectivity index is 1.31. The number of hydrogen-bond acceptors (Lipinski definition) is 6. The molecule has 2 aromatic heterocycles. The van der Waals surface area contributed by atoms with Gasteiger partial charge in [0.05, 0.1) is 37.1 Å². The highest BCUT2D eigenvalue weighted by atomic mass is 19.4. The van der Waals surface area contributed by atoms with E-state index in [-0.39, 0.29) is 28.8 Å². The van der Waals surface area contributed by atoms with Crippen molar-refractivity contribution in [1.82, 2.24) is 29.6 Å². The molecule has 0 amide bonds. The Hall–Kier alpha value is -1.92. The summed E-state index contributed by atoms with van der Waals surface area (Å²) in [5.74, 6) is 1.22. The zero-order valence-electron chi connectivity index (χ0n) is 23.8. The van der Waals surface area contributed by atoms with E-state index in [0.717, 1.165) is 58.3 Å². The summed E-state index contributed by atoms with van der Waals surface area (Å²) >= 11 is 0. The van der Waals surface area contributed by atoms with E-state index in [2.05, 4.69) is 41.5 Å². The number of alkyl halides is 3. The second kappa shape index (κ2) is 10.7. The summed E-state index contributed by atoms with van der Waals surface area (Å²) in [4.78, 5) is 18.2. The van der Waals surface area contributed by atoms with Crippen molar-refractivity contribution in [2.24, 2.45) is 23.2 Å². The summed E-state index contributed by atoms with van der Waals surface area (Å²) in [6.45, 7) is 8.69. The van der Waals surface area contributed by atoms with Gasteiger partial charge in [-0.05, 0) is 81.5 Å². The molecule has 11 heteroatoms. The number of imidazole rings is 1. The van der Waals surface area contributed by atoms with Crippen molar-refractivity contribution in [3.05, 3.63) is 40.1 Å². The summed E-state index contributed by atoms with van der Waals surface area (Å²) in [7, 11) is 2.09. The first kappa shape index (κ1) is 28.2. The number of likely N-dealkylation sites (tertiary alicyclic amines) is 1. The maximum absolute atomic E-state index is 14.3. The molecular weight excluding hydrogens is 521 g/mol. The smallest absolute Gasteiger partial charge is 0.380 e. The first-order valence-corrected chi connectivity index (χ1v) is 14.8. The Morgan fingerprint density at radius 1 is 1.12 bits per heavy atom. The number of fused-ring (bicyclic) bond motifs is 1. The van der Waals surface area contributed by atoms with Crippen LogP contribution in [-0.2, 0) is 17.5 Å². The van der Waals surface area contributed by atoms with E-state index in [4.69, 9.17) is 4.74 Å². The Morgan fingerprint density at radius 2 is 1.93 bits per heavy atom. The van der Waals surface area contributed by atoms with Crippen LogP contribution in [0.4, 0.5) is 13.2 Å². The van der Waals surface area contributed by atoms with E-state index in [1.807, 2.05) is 0 Å². The number of nitrogens with zero attached hydrogens (tertiary/aromatic N) is 4. The minimum absolute atomic E-state index is 0.00349. The Bertz CT molecular complexity index is 1270. The topological polar surface area (TPSA) is 66.2 Å². The summed E-state index contributed by atoms with van der Waals surface area (Å²) in [6, 6.07) is 1.11. The molecule has 0 spiro atoms. The van der Waals surface area contributed by atoms with Gasteiger partial charge < -0.3 is 4.74 Å². The van der Waals surface area contributed by atoms with Crippen LogP contribution in [0.15, 0.2) is 23.3 Å². The first-order valence-electron chi connectivity index (χ1n) is 14.8. The fourth-order valence-corrected chi connectivity index (χ4v) is 7.81. The van der Waals surface area contributed by atoms with Crippen LogP contribution in [0.25, 0.3) is 5.52 Å². The van der Waals surface area contributed by atoms with Crippen molar-refractivity contribution < 1.29 is 17.9 Å². The molecular formula is C29H43F3N6O2. The molecule has 0 aromatic carbocycles. The summed E-state index contributed by atoms with van der Waals surface area (Å²) in [6.07, 6.45) is 4.49. The molecule has 3 aliphatic heterocycles. The third-order valence-corrected chi connectivity index (χ3v) is 9.99. The summed E-state index contributed by atoms with van der Waals surface area (Å²) < 4.78 is 51.6. The van der Waals surface area contributed by atoms with Gasteiger partial charge >= 0.3 is 11.9 Å². The molecule has 4 fully saturated rings. The highest BCUT2D eigenvalue weighted by Gasteiger charge is 2.50. The van der Waals surface area contributed by atoms with Gasteiger partial charge in [-0.25, -0.2) is 15.6 Å². The SMILES string of the molecule is CC1CC(n2cc3c(C(F)(F)F)cc(CN4CCC[C@H](C)C4)cn3c2=O)CC(C2(CC3NNCN3C)COC2)C1. The van der Waals surface area contributed by atoms with Crippen LogP contribution < -0.4 is 16.5 Å². The molecule has 2 aromatic rings. The maximum Gasteiger partial charge on any atom is 0.418 e. The predicted octanol–water partition coefficient (Wildman–Crippen LogP) is 4.06. The van der Waals surface area contributed by atoms with Gasteiger partial charge in [0.2, 0.25) is 0 Å². The second-order valence-corrected chi connectivity index (χ2v) is 13.3. The Kier molecular flexibility index (Phi) is 7.57. The molecule has 0 bridgehead atoms. The monoisotopic (exact) mass is 564 g/mol. The standard InChI is InChI=1S/C29H43F3N6O2/c1-19-5-4-6-36(12-19)13-21-9-24(29(30,31)32)25-15-37(27(39)38(25)14-21)23-8-20(2)7-22(10-23)28(16-40-17-28)11-26-34-33-18-35(26)3/h9,14-15,19-20,22-23,26,33-34H,4-8,10-13,16-18H2,1-3H3/t19-,20?,22?,23?,26?/m0/s1. The molecule has 4 aliphatic rings. The van der Waals surface area contributed by atoms with Crippen LogP contribution in [0.5, 0.6) is 0 Å². The maximum atomic E-state index is 14.3. The van der Waals surface area contributed by atoms with Crippen molar-refractivity contribution in [2.75, 3.05) is 40.0 Å². The Morgan fingerprint density at radius 3 is 2.58 bits per heavy atom. The number of halogens is 3. The molecule has 1 saturated carbocycles. The fraction of sp³-hybridized carbons (Fsp3) is 0.759. The highest BCUT2D eigenvalue weighted by Crippen LogP contribution is 2.51. The van der Waals surface area contributed by atoms with Gasteiger partial charge in [0.1, 0.15) is 0 Å². The van der Waals surface area contributed by atoms with Gasteiger partial charge in [0.25, 0.3) is 0 Å². The van der Waals surface area contributed by atoms with Gasteiger partial charge in [0.15, 0.2) is 0 Å². The molecule has 2 N–H and O–H groups in total. The fourth-order valence-electron chi connectivity index (χ4n) is 7.81. The molecule has 5 atom stereocenters. The van der Waals surface area contributed by atoms with Crippen LogP contribution >= 0.6 is 0 Å². The number of hydrogen-bond donors (Lipinski definition) is 2.